The minimum absolute atomic E-state index is 0.0278. The zero-order valence-electron chi connectivity index (χ0n) is 3.96. The summed E-state index contributed by atoms with van der Waals surface area (Å²) in [7, 11) is 0.0278. The third kappa shape index (κ3) is 109. The molecule has 0 spiro atoms. The standard InChI is InChI=1S/C3H8.Cl2Si/c2*1-3-2/h3H2,1-2H3;. The molecule has 0 amide bonds. The van der Waals surface area contributed by atoms with Crippen molar-refractivity contribution in [1.29, 1.82) is 0 Å². The number of hydrogen-bond donors (Lipinski definition) is 0. The van der Waals surface area contributed by atoms with Crippen LogP contribution in [0.5, 0.6) is 0 Å². The average molecular weight is 143 g/mol. The molecule has 0 bridgehead atoms. The molecule has 6 heavy (non-hydrogen) atoms. The minimum Gasteiger partial charge on any atom is -0.148 e. The fourth-order valence-corrected chi connectivity index (χ4v) is 0. The van der Waals surface area contributed by atoms with Gasteiger partial charge in [-0.2, -0.15) is 0 Å². The highest BCUT2D eigenvalue weighted by Gasteiger charge is 1.51. The smallest absolute Gasteiger partial charge is 0.148 e. The van der Waals surface area contributed by atoms with E-state index >= 15 is 0 Å². The summed E-state index contributed by atoms with van der Waals surface area (Å²) in [6, 6.07) is 0. The number of halogens is 2. The maximum absolute atomic E-state index is 4.79. The molecule has 0 aromatic carbocycles. The van der Waals surface area contributed by atoms with Crippen LogP contribution in [0.1, 0.15) is 20.3 Å². The van der Waals surface area contributed by atoms with Gasteiger partial charge in [-0.05, 0) is 0 Å². The second-order valence-corrected chi connectivity index (χ2v) is 2.64. The molecule has 0 aliphatic rings. The van der Waals surface area contributed by atoms with Gasteiger partial charge in [-0.15, -0.1) is 22.2 Å². The van der Waals surface area contributed by atoms with Crippen LogP contribution in [0.4, 0.5) is 0 Å². The predicted octanol–water partition coefficient (Wildman–Crippen LogP) is 2.41. The molecular formula is C3H8Cl2Si. The molecular weight excluding hydrogens is 135 g/mol. The van der Waals surface area contributed by atoms with Crippen LogP contribution in [0, 0.1) is 0 Å². The Morgan fingerprint density at radius 1 is 1.33 bits per heavy atom. The molecule has 0 rings (SSSR count). The SMILES string of the molecule is CCC.Cl[Si]Cl. The highest BCUT2D eigenvalue weighted by atomic mass is 35.7. The summed E-state index contributed by atoms with van der Waals surface area (Å²) < 4.78 is 0. The van der Waals surface area contributed by atoms with E-state index in [2.05, 4.69) is 13.8 Å². The monoisotopic (exact) mass is 142 g/mol. The summed E-state index contributed by atoms with van der Waals surface area (Å²) in [6.07, 6.45) is 1.25. The first-order chi connectivity index (χ1) is 2.83. The van der Waals surface area contributed by atoms with Gasteiger partial charge >= 0.3 is 0 Å². The van der Waals surface area contributed by atoms with E-state index in [1.807, 2.05) is 0 Å². The molecule has 0 unspecified atom stereocenters. The van der Waals surface area contributed by atoms with Gasteiger partial charge in [-0.25, -0.2) is 0 Å². The lowest BCUT2D eigenvalue weighted by Crippen LogP contribution is -1.36. The van der Waals surface area contributed by atoms with Crippen LogP contribution in [0.2, 0.25) is 0 Å². The van der Waals surface area contributed by atoms with Crippen LogP contribution in [0.15, 0.2) is 0 Å². The maximum Gasteiger partial charge on any atom is 0.295 e. The first-order valence-corrected chi connectivity index (χ1v) is 4.82. The molecule has 0 saturated carbocycles. The van der Waals surface area contributed by atoms with E-state index in [0.29, 0.717) is 0 Å². The van der Waals surface area contributed by atoms with Crippen molar-refractivity contribution < 1.29 is 0 Å². The van der Waals surface area contributed by atoms with Gasteiger partial charge < -0.3 is 0 Å². The summed E-state index contributed by atoms with van der Waals surface area (Å²) in [4.78, 5) is 0. The minimum atomic E-state index is 0.0278. The second kappa shape index (κ2) is 17.1. The van der Waals surface area contributed by atoms with Crippen molar-refractivity contribution in [3.05, 3.63) is 0 Å². The van der Waals surface area contributed by atoms with Gasteiger partial charge in [0.05, 0.1) is 0 Å². The van der Waals surface area contributed by atoms with Crippen LogP contribution in [-0.2, 0) is 0 Å². The molecule has 38 valence electrons. The molecule has 0 fully saturated rings. The van der Waals surface area contributed by atoms with Gasteiger partial charge in [0.2, 0.25) is 0 Å². The summed E-state index contributed by atoms with van der Waals surface area (Å²) in [6.45, 7) is 4.25. The summed E-state index contributed by atoms with van der Waals surface area (Å²) >= 11 is 9.58. The van der Waals surface area contributed by atoms with E-state index < -0.39 is 0 Å². The summed E-state index contributed by atoms with van der Waals surface area (Å²) in [5.74, 6) is 0. The summed E-state index contributed by atoms with van der Waals surface area (Å²) in [5.41, 5.74) is 0. The van der Waals surface area contributed by atoms with Crippen molar-refractivity contribution >= 4 is 30.3 Å². The zero-order valence-corrected chi connectivity index (χ0v) is 6.47. The fourth-order valence-electron chi connectivity index (χ4n) is 0. The van der Waals surface area contributed by atoms with E-state index in [9.17, 15) is 0 Å². The maximum atomic E-state index is 4.79. The molecule has 2 radical (unpaired) electrons. The Morgan fingerprint density at radius 3 is 1.33 bits per heavy atom. The third-order valence-corrected chi connectivity index (χ3v) is 0. The Labute approximate surface area is 51.1 Å². The van der Waals surface area contributed by atoms with Gasteiger partial charge in [0.15, 0.2) is 0 Å². The van der Waals surface area contributed by atoms with Gasteiger partial charge in [0, 0.05) is 0 Å². The van der Waals surface area contributed by atoms with Gasteiger partial charge in [0.25, 0.3) is 8.14 Å². The van der Waals surface area contributed by atoms with Crippen molar-refractivity contribution in [3.63, 3.8) is 0 Å². The normalized spacial score (nSPS) is 6.00. The topological polar surface area (TPSA) is 0 Å². The van der Waals surface area contributed by atoms with Crippen LogP contribution < -0.4 is 0 Å². The van der Waals surface area contributed by atoms with Crippen molar-refractivity contribution in [3.8, 4) is 0 Å². The highest BCUT2D eigenvalue weighted by molar-refractivity contribution is 7.22. The lowest BCUT2D eigenvalue weighted by Gasteiger charge is -1.48. The lowest BCUT2D eigenvalue weighted by atomic mass is 10.6. The molecule has 0 aromatic rings. The van der Waals surface area contributed by atoms with Crippen LogP contribution in [0.25, 0.3) is 0 Å². The van der Waals surface area contributed by atoms with Gasteiger partial charge in [-0.1, -0.05) is 20.3 Å². The number of rotatable bonds is 0. The van der Waals surface area contributed by atoms with Crippen LogP contribution in [-0.4, -0.2) is 8.14 Å². The molecule has 0 saturated heterocycles. The first-order valence-electron chi connectivity index (χ1n) is 1.79. The average Bonchev–Trinajstić information content (AvgIpc) is 1.39. The van der Waals surface area contributed by atoms with Gasteiger partial charge in [-0.3, -0.25) is 0 Å². The molecule has 0 aliphatic carbocycles. The molecule has 3 heteroatoms. The first kappa shape index (κ1) is 9.93. The lowest BCUT2D eigenvalue weighted by molar-refractivity contribution is 1.09. The van der Waals surface area contributed by atoms with Crippen molar-refractivity contribution in [2.75, 3.05) is 0 Å². The predicted molar refractivity (Wildman–Crippen MR) is 33.4 cm³/mol. The Hall–Kier alpha value is 0.797. The van der Waals surface area contributed by atoms with Crippen LogP contribution in [0.3, 0.4) is 0 Å². The van der Waals surface area contributed by atoms with Crippen molar-refractivity contribution in [2.24, 2.45) is 0 Å². The van der Waals surface area contributed by atoms with E-state index in [0.717, 1.165) is 0 Å². The Balaban J connectivity index is 0. The Morgan fingerprint density at radius 2 is 1.33 bits per heavy atom. The summed E-state index contributed by atoms with van der Waals surface area (Å²) in [5, 5.41) is 0. The molecule has 0 N–H and O–H groups in total. The molecule has 0 heterocycles. The van der Waals surface area contributed by atoms with E-state index in [-0.39, 0.29) is 8.14 Å². The van der Waals surface area contributed by atoms with Crippen LogP contribution >= 0.6 is 22.2 Å². The Bertz CT molecular complexity index is 10.8. The molecule has 0 atom stereocenters. The third-order valence-electron chi connectivity index (χ3n) is 0. The number of hydrogen-bond acceptors (Lipinski definition) is 0. The van der Waals surface area contributed by atoms with Crippen molar-refractivity contribution in [1.82, 2.24) is 0 Å². The van der Waals surface area contributed by atoms with Crippen molar-refractivity contribution in [2.45, 2.75) is 20.3 Å². The zero-order chi connectivity index (χ0) is 5.41. The van der Waals surface area contributed by atoms with Gasteiger partial charge in [0.1, 0.15) is 0 Å². The van der Waals surface area contributed by atoms with E-state index in [1.54, 1.807) is 0 Å². The fraction of sp³-hybridized carbons (Fsp3) is 1.00. The Kier molecular flexibility index (Phi) is 28.2. The molecule has 0 aromatic heterocycles. The molecule has 0 nitrogen and oxygen atoms in total. The highest BCUT2D eigenvalue weighted by Crippen LogP contribution is 1.67. The second-order valence-electron chi connectivity index (χ2n) is 0.779. The largest absolute Gasteiger partial charge is 0.295 e. The quantitative estimate of drug-likeness (QED) is 0.361. The van der Waals surface area contributed by atoms with E-state index in [1.165, 1.54) is 6.42 Å². The molecule has 0 aliphatic heterocycles. The van der Waals surface area contributed by atoms with E-state index in [4.69, 9.17) is 22.2 Å².